The number of hydrogen-bond acceptors (Lipinski definition) is 4. The maximum absolute atomic E-state index is 12.9. The van der Waals surface area contributed by atoms with Crippen LogP contribution in [-0.4, -0.2) is 43.1 Å². The van der Waals surface area contributed by atoms with Gasteiger partial charge in [-0.2, -0.15) is 0 Å². The Morgan fingerprint density at radius 1 is 0.963 bits per heavy atom. The highest BCUT2D eigenvalue weighted by Gasteiger charge is 2.19. The lowest BCUT2D eigenvalue weighted by atomic mass is 10.0. The van der Waals surface area contributed by atoms with Gasteiger partial charge in [0.05, 0.1) is 19.9 Å². The van der Waals surface area contributed by atoms with Crippen molar-refractivity contribution in [1.82, 2.24) is 9.88 Å². The summed E-state index contributed by atoms with van der Waals surface area (Å²) < 4.78 is 10.9. The van der Waals surface area contributed by atoms with Crippen LogP contribution in [0.2, 0.25) is 0 Å². The summed E-state index contributed by atoms with van der Waals surface area (Å²) in [6.45, 7) is 5.21. The average molecular weight is 364 g/mol. The maximum atomic E-state index is 12.9. The second-order valence-electron chi connectivity index (χ2n) is 6.13. The van der Waals surface area contributed by atoms with Gasteiger partial charge in [-0.1, -0.05) is 30.3 Å². The molecule has 27 heavy (non-hydrogen) atoms. The van der Waals surface area contributed by atoms with Crippen LogP contribution in [0, 0.1) is 0 Å². The van der Waals surface area contributed by atoms with E-state index in [9.17, 15) is 4.79 Å². The number of fused-ring (bicyclic) bond motifs is 1. The zero-order valence-electron chi connectivity index (χ0n) is 16.2. The average Bonchev–Trinajstić information content (AvgIpc) is 2.73. The van der Waals surface area contributed by atoms with Crippen LogP contribution in [0.15, 0.2) is 48.5 Å². The van der Waals surface area contributed by atoms with Gasteiger partial charge in [-0.25, -0.2) is 4.98 Å². The van der Waals surface area contributed by atoms with Gasteiger partial charge in [0.1, 0.15) is 5.69 Å². The van der Waals surface area contributed by atoms with E-state index in [0.29, 0.717) is 30.3 Å². The Labute approximate surface area is 159 Å². The highest BCUT2D eigenvalue weighted by atomic mass is 16.5. The third kappa shape index (κ3) is 3.58. The predicted molar refractivity (Wildman–Crippen MR) is 108 cm³/mol. The number of amides is 1. The second kappa shape index (κ2) is 8.08. The minimum Gasteiger partial charge on any atom is -0.493 e. The molecule has 0 bridgehead atoms. The molecule has 3 rings (SSSR count). The van der Waals surface area contributed by atoms with Crippen molar-refractivity contribution < 1.29 is 14.3 Å². The fourth-order valence-corrected chi connectivity index (χ4v) is 3.18. The normalized spacial score (nSPS) is 10.7. The van der Waals surface area contributed by atoms with Gasteiger partial charge in [0, 0.05) is 24.0 Å². The monoisotopic (exact) mass is 364 g/mol. The zero-order valence-corrected chi connectivity index (χ0v) is 16.2. The van der Waals surface area contributed by atoms with Gasteiger partial charge in [-0.3, -0.25) is 4.79 Å². The van der Waals surface area contributed by atoms with E-state index in [4.69, 9.17) is 14.5 Å². The summed E-state index contributed by atoms with van der Waals surface area (Å²) in [4.78, 5) is 19.4. The van der Waals surface area contributed by atoms with Gasteiger partial charge in [-0.05, 0) is 37.4 Å². The third-order valence-corrected chi connectivity index (χ3v) is 4.65. The van der Waals surface area contributed by atoms with Crippen LogP contribution in [0.1, 0.15) is 24.3 Å². The predicted octanol–water partition coefficient (Wildman–Crippen LogP) is 4.40. The van der Waals surface area contributed by atoms with Crippen molar-refractivity contribution in [2.45, 2.75) is 13.8 Å². The second-order valence-corrected chi connectivity index (χ2v) is 6.13. The van der Waals surface area contributed by atoms with Crippen molar-refractivity contribution in [3.63, 3.8) is 0 Å². The molecule has 140 valence electrons. The van der Waals surface area contributed by atoms with Crippen LogP contribution in [0.5, 0.6) is 11.5 Å². The van der Waals surface area contributed by atoms with Crippen LogP contribution in [0.4, 0.5) is 0 Å². The SMILES string of the molecule is CCN(CC)C(=O)c1cc2cc(OC)c(OC)cc2c(-c2ccccc2)n1. The van der Waals surface area contributed by atoms with E-state index >= 15 is 0 Å². The molecular formula is C22H24N2O3. The molecule has 5 heteroatoms. The lowest BCUT2D eigenvalue weighted by molar-refractivity contribution is 0.0767. The summed E-state index contributed by atoms with van der Waals surface area (Å²) in [5, 5.41) is 1.80. The van der Waals surface area contributed by atoms with Gasteiger partial charge in [0.2, 0.25) is 0 Å². The summed E-state index contributed by atoms with van der Waals surface area (Å²) in [7, 11) is 3.21. The molecule has 1 aromatic heterocycles. The quantitative estimate of drug-likeness (QED) is 0.650. The number of carbonyl (C=O) groups excluding carboxylic acids is 1. The minimum absolute atomic E-state index is 0.0751. The molecule has 0 saturated heterocycles. The fraction of sp³-hybridized carbons (Fsp3) is 0.273. The van der Waals surface area contributed by atoms with Crippen LogP contribution >= 0.6 is 0 Å². The van der Waals surface area contributed by atoms with Gasteiger partial charge in [-0.15, -0.1) is 0 Å². The molecular weight excluding hydrogens is 340 g/mol. The first-order valence-electron chi connectivity index (χ1n) is 9.04. The molecule has 0 aliphatic carbocycles. The Hall–Kier alpha value is -3.08. The Kier molecular flexibility index (Phi) is 5.60. The first-order valence-corrected chi connectivity index (χ1v) is 9.04. The smallest absolute Gasteiger partial charge is 0.272 e. The minimum atomic E-state index is -0.0751. The molecule has 1 amide bonds. The molecule has 0 saturated carbocycles. The number of pyridine rings is 1. The van der Waals surface area contributed by atoms with Crippen molar-refractivity contribution in [2.24, 2.45) is 0 Å². The summed E-state index contributed by atoms with van der Waals surface area (Å²) in [5.74, 6) is 1.18. The Balaban J connectivity index is 2.29. The fourth-order valence-electron chi connectivity index (χ4n) is 3.18. The van der Waals surface area contributed by atoms with Crippen LogP contribution in [0.3, 0.4) is 0 Å². The molecule has 0 atom stereocenters. The molecule has 0 unspecified atom stereocenters. The number of aromatic nitrogens is 1. The number of methoxy groups -OCH3 is 2. The Morgan fingerprint density at radius 3 is 2.19 bits per heavy atom. The molecule has 1 heterocycles. The van der Waals surface area contributed by atoms with Crippen LogP contribution in [0.25, 0.3) is 22.0 Å². The van der Waals surface area contributed by atoms with E-state index in [1.807, 2.05) is 62.4 Å². The number of nitrogens with zero attached hydrogens (tertiary/aromatic N) is 2. The van der Waals surface area contributed by atoms with Gasteiger partial charge in [0.25, 0.3) is 5.91 Å². The number of hydrogen-bond donors (Lipinski definition) is 0. The zero-order chi connectivity index (χ0) is 19.4. The summed E-state index contributed by atoms with van der Waals surface area (Å²) >= 11 is 0. The summed E-state index contributed by atoms with van der Waals surface area (Å²) in [6.07, 6.45) is 0. The molecule has 0 radical (unpaired) electrons. The van der Waals surface area contributed by atoms with Crippen LogP contribution < -0.4 is 9.47 Å². The molecule has 3 aromatic rings. The van der Waals surface area contributed by atoms with E-state index in [1.165, 1.54) is 0 Å². The number of ether oxygens (including phenoxy) is 2. The topological polar surface area (TPSA) is 51.7 Å². The van der Waals surface area contributed by atoms with Crippen molar-refractivity contribution in [3.8, 4) is 22.8 Å². The van der Waals surface area contributed by atoms with E-state index in [2.05, 4.69) is 0 Å². The standard InChI is InChI=1S/C22H24N2O3/c1-5-24(6-2)22(25)18-12-16-13-19(26-3)20(27-4)14-17(16)21(23-18)15-10-8-7-9-11-15/h7-14H,5-6H2,1-4H3. The van der Waals surface area contributed by atoms with Crippen molar-refractivity contribution >= 4 is 16.7 Å². The number of carbonyl (C=O) groups is 1. The summed E-state index contributed by atoms with van der Waals surface area (Å²) in [6, 6.07) is 15.5. The molecule has 0 aliphatic heterocycles. The van der Waals surface area contributed by atoms with Gasteiger partial charge in [0.15, 0.2) is 11.5 Å². The van der Waals surface area contributed by atoms with Gasteiger partial charge < -0.3 is 14.4 Å². The maximum Gasteiger partial charge on any atom is 0.272 e. The third-order valence-electron chi connectivity index (χ3n) is 4.65. The van der Waals surface area contributed by atoms with Gasteiger partial charge >= 0.3 is 0 Å². The number of rotatable bonds is 6. The van der Waals surface area contributed by atoms with E-state index in [-0.39, 0.29) is 5.91 Å². The lowest BCUT2D eigenvalue weighted by Crippen LogP contribution is -2.31. The molecule has 2 aromatic carbocycles. The summed E-state index contributed by atoms with van der Waals surface area (Å²) in [5.41, 5.74) is 2.13. The largest absolute Gasteiger partial charge is 0.493 e. The molecule has 0 N–H and O–H groups in total. The van der Waals surface area contributed by atoms with E-state index < -0.39 is 0 Å². The van der Waals surface area contributed by atoms with E-state index in [0.717, 1.165) is 22.0 Å². The van der Waals surface area contributed by atoms with Crippen molar-refractivity contribution in [3.05, 3.63) is 54.2 Å². The van der Waals surface area contributed by atoms with Crippen LogP contribution in [-0.2, 0) is 0 Å². The Bertz CT molecular complexity index is 951. The molecule has 0 aliphatic rings. The first-order chi connectivity index (χ1) is 13.1. The first kappa shape index (κ1) is 18.7. The molecule has 5 nitrogen and oxygen atoms in total. The number of benzene rings is 2. The lowest BCUT2D eigenvalue weighted by Gasteiger charge is -2.19. The Morgan fingerprint density at radius 2 is 1.59 bits per heavy atom. The van der Waals surface area contributed by atoms with Crippen molar-refractivity contribution in [2.75, 3.05) is 27.3 Å². The highest BCUT2D eigenvalue weighted by Crippen LogP contribution is 2.36. The van der Waals surface area contributed by atoms with E-state index in [1.54, 1.807) is 19.1 Å². The molecule has 0 spiro atoms. The highest BCUT2D eigenvalue weighted by molar-refractivity contribution is 6.02. The van der Waals surface area contributed by atoms with Crippen molar-refractivity contribution in [1.29, 1.82) is 0 Å². The molecule has 0 fully saturated rings.